The van der Waals surface area contributed by atoms with Crippen LogP contribution in [0, 0.1) is 0 Å². The fourth-order valence-electron chi connectivity index (χ4n) is 0.937. The Hall–Kier alpha value is -1.12. The highest BCUT2D eigenvalue weighted by molar-refractivity contribution is 5.07. The SMILES string of the molecule is CC.CCc1cc(CC)[nH]c(=O)n1. The van der Waals surface area contributed by atoms with E-state index in [-0.39, 0.29) is 5.69 Å². The van der Waals surface area contributed by atoms with Crippen LogP contribution >= 0.6 is 0 Å². The third kappa shape index (κ3) is 3.87. The van der Waals surface area contributed by atoms with Crippen LogP contribution in [0.15, 0.2) is 10.9 Å². The van der Waals surface area contributed by atoms with E-state index < -0.39 is 0 Å². The second-order valence-electron chi connectivity index (χ2n) is 2.41. The van der Waals surface area contributed by atoms with Gasteiger partial charge in [-0.15, -0.1) is 0 Å². The summed E-state index contributed by atoms with van der Waals surface area (Å²) in [6, 6.07) is 1.93. The maximum atomic E-state index is 10.9. The van der Waals surface area contributed by atoms with Crippen LogP contribution in [-0.4, -0.2) is 9.97 Å². The monoisotopic (exact) mass is 182 g/mol. The highest BCUT2D eigenvalue weighted by atomic mass is 16.1. The summed E-state index contributed by atoms with van der Waals surface area (Å²) < 4.78 is 0. The van der Waals surface area contributed by atoms with Crippen molar-refractivity contribution in [3.63, 3.8) is 0 Å². The summed E-state index contributed by atoms with van der Waals surface area (Å²) in [5.74, 6) is 0. The van der Waals surface area contributed by atoms with Crippen molar-refractivity contribution >= 4 is 0 Å². The minimum Gasteiger partial charge on any atom is -0.310 e. The van der Waals surface area contributed by atoms with Crippen LogP contribution in [0.4, 0.5) is 0 Å². The van der Waals surface area contributed by atoms with E-state index in [0.717, 1.165) is 24.2 Å². The van der Waals surface area contributed by atoms with Crippen molar-refractivity contribution in [1.82, 2.24) is 9.97 Å². The number of aryl methyl sites for hydroxylation is 2. The quantitative estimate of drug-likeness (QED) is 0.759. The predicted molar refractivity (Wildman–Crippen MR) is 55.0 cm³/mol. The van der Waals surface area contributed by atoms with Crippen molar-refractivity contribution in [3.8, 4) is 0 Å². The zero-order valence-electron chi connectivity index (χ0n) is 8.85. The first-order chi connectivity index (χ1) is 6.26. The summed E-state index contributed by atoms with van der Waals surface area (Å²) in [6.07, 6.45) is 1.67. The summed E-state index contributed by atoms with van der Waals surface area (Å²) >= 11 is 0. The van der Waals surface area contributed by atoms with Crippen LogP contribution in [0.5, 0.6) is 0 Å². The van der Waals surface area contributed by atoms with Crippen LogP contribution in [0.25, 0.3) is 0 Å². The molecule has 0 atom stereocenters. The van der Waals surface area contributed by atoms with Crippen molar-refractivity contribution in [1.29, 1.82) is 0 Å². The van der Waals surface area contributed by atoms with Crippen molar-refractivity contribution in [2.24, 2.45) is 0 Å². The van der Waals surface area contributed by atoms with Crippen LogP contribution in [0.1, 0.15) is 39.1 Å². The van der Waals surface area contributed by atoms with Crippen molar-refractivity contribution < 1.29 is 0 Å². The minimum atomic E-state index is -0.235. The van der Waals surface area contributed by atoms with Gasteiger partial charge in [-0.05, 0) is 18.9 Å². The number of nitrogens with one attached hydrogen (secondary N) is 1. The normalized spacial score (nSPS) is 8.92. The lowest BCUT2D eigenvalue weighted by Gasteiger charge is -1.97. The Morgan fingerprint density at radius 1 is 1.31 bits per heavy atom. The van der Waals surface area contributed by atoms with Crippen LogP contribution in [0.3, 0.4) is 0 Å². The minimum absolute atomic E-state index is 0.235. The zero-order chi connectivity index (χ0) is 10.3. The third-order valence-corrected chi connectivity index (χ3v) is 1.60. The second kappa shape index (κ2) is 6.40. The average Bonchev–Trinajstić information content (AvgIpc) is 2.20. The maximum absolute atomic E-state index is 10.9. The van der Waals surface area contributed by atoms with Gasteiger partial charge in [0, 0.05) is 11.4 Å². The Bertz CT molecular complexity index is 266. The molecule has 0 aliphatic carbocycles. The van der Waals surface area contributed by atoms with E-state index >= 15 is 0 Å². The Morgan fingerprint density at radius 3 is 2.38 bits per heavy atom. The van der Waals surface area contributed by atoms with Gasteiger partial charge in [0.15, 0.2) is 0 Å². The van der Waals surface area contributed by atoms with Gasteiger partial charge >= 0.3 is 5.69 Å². The molecule has 1 heterocycles. The molecule has 0 amide bonds. The first-order valence-electron chi connectivity index (χ1n) is 4.85. The van der Waals surface area contributed by atoms with E-state index in [9.17, 15) is 4.79 Å². The lowest BCUT2D eigenvalue weighted by Crippen LogP contribution is -2.14. The number of nitrogens with zero attached hydrogens (tertiary/aromatic N) is 1. The zero-order valence-corrected chi connectivity index (χ0v) is 8.85. The fraction of sp³-hybridized carbons (Fsp3) is 0.600. The van der Waals surface area contributed by atoms with E-state index in [4.69, 9.17) is 0 Å². The van der Waals surface area contributed by atoms with Crippen molar-refractivity contribution in [2.75, 3.05) is 0 Å². The molecule has 0 aromatic carbocycles. The lowest BCUT2D eigenvalue weighted by molar-refractivity contribution is 0.898. The molecule has 0 aliphatic rings. The number of aromatic nitrogens is 2. The van der Waals surface area contributed by atoms with E-state index in [1.54, 1.807) is 0 Å². The summed E-state index contributed by atoms with van der Waals surface area (Å²) in [7, 11) is 0. The summed E-state index contributed by atoms with van der Waals surface area (Å²) in [5, 5.41) is 0. The molecule has 1 N–H and O–H groups in total. The molecule has 0 unspecified atom stereocenters. The highest BCUT2D eigenvalue weighted by Crippen LogP contribution is 1.96. The highest BCUT2D eigenvalue weighted by Gasteiger charge is 1.95. The number of rotatable bonds is 2. The van der Waals surface area contributed by atoms with Gasteiger partial charge in [-0.2, -0.15) is 4.98 Å². The lowest BCUT2D eigenvalue weighted by atomic mass is 10.2. The molecule has 1 aromatic rings. The van der Waals surface area contributed by atoms with Crippen LogP contribution in [-0.2, 0) is 12.8 Å². The van der Waals surface area contributed by atoms with E-state index in [1.165, 1.54) is 0 Å². The Balaban J connectivity index is 0.000000671. The van der Waals surface area contributed by atoms with Gasteiger partial charge in [0.05, 0.1) is 0 Å². The largest absolute Gasteiger partial charge is 0.345 e. The molecule has 3 nitrogen and oxygen atoms in total. The van der Waals surface area contributed by atoms with E-state index in [1.807, 2.05) is 33.8 Å². The van der Waals surface area contributed by atoms with Crippen LogP contribution < -0.4 is 5.69 Å². The molecule has 0 saturated heterocycles. The molecule has 0 fully saturated rings. The smallest absolute Gasteiger partial charge is 0.310 e. The fourth-order valence-corrected chi connectivity index (χ4v) is 0.937. The number of hydrogen-bond acceptors (Lipinski definition) is 2. The number of H-pyrrole nitrogens is 1. The summed E-state index contributed by atoms with van der Waals surface area (Å²) in [4.78, 5) is 17.3. The Labute approximate surface area is 79.2 Å². The second-order valence-corrected chi connectivity index (χ2v) is 2.41. The molecule has 0 radical (unpaired) electrons. The molecule has 13 heavy (non-hydrogen) atoms. The van der Waals surface area contributed by atoms with Gasteiger partial charge in [0.25, 0.3) is 0 Å². The van der Waals surface area contributed by atoms with E-state index in [0.29, 0.717) is 0 Å². The number of aromatic amines is 1. The molecule has 0 bridgehead atoms. The molecule has 3 heteroatoms. The molecular formula is C10H18N2O. The summed E-state index contributed by atoms with van der Waals surface area (Å²) in [5.41, 5.74) is 1.59. The topological polar surface area (TPSA) is 45.8 Å². The number of hydrogen-bond donors (Lipinski definition) is 1. The van der Waals surface area contributed by atoms with Gasteiger partial charge in [-0.1, -0.05) is 27.7 Å². The Morgan fingerprint density at radius 2 is 1.92 bits per heavy atom. The van der Waals surface area contributed by atoms with Gasteiger partial charge in [-0.3, -0.25) is 0 Å². The standard InChI is InChI=1S/C8H12N2O.C2H6/c1-3-6-5-7(4-2)10-8(11)9-6;1-2/h5H,3-4H2,1-2H3,(H,9,10,11);1-2H3. The third-order valence-electron chi connectivity index (χ3n) is 1.60. The molecule has 74 valence electrons. The molecule has 0 spiro atoms. The Kier molecular flexibility index (Phi) is 5.85. The first kappa shape index (κ1) is 11.9. The van der Waals surface area contributed by atoms with E-state index in [2.05, 4.69) is 9.97 Å². The van der Waals surface area contributed by atoms with Gasteiger partial charge in [0.1, 0.15) is 0 Å². The molecule has 0 saturated carbocycles. The summed E-state index contributed by atoms with van der Waals surface area (Å²) in [6.45, 7) is 7.99. The van der Waals surface area contributed by atoms with Crippen molar-refractivity contribution in [3.05, 3.63) is 27.9 Å². The first-order valence-corrected chi connectivity index (χ1v) is 4.85. The van der Waals surface area contributed by atoms with Crippen LogP contribution in [0.2, 0.25) is 0 Å². The molecule has 0 aliphatic heterocycles. The van der Waals surface area contributed by atoms with Gasteiger partial charge in [0.2, 0.25) is 0 Å². The van der Waals surface area contributed by atoms with Gasteiger partial charge in [-0.25, -0.2) is 4.79 Å². The van der Waals surface area contributed by atoms with Gasteiger partial charge < -0.3 is 4.98 Å². The maximum Gasteiger partial charge on any atom is 0.345 e. The molecule has 1 aromatic heterocycles. The molecule has 1 rings (SSSR count). The average molecular weight is 182 g/mol. The predicted octanol–water partition coefficient (Wildman–Crippen LogP) is 1.92. The van der Waals surface area contributed by atoms with Crippen molar-refractivity contribution in [2.45, 2.75) is 40.5 Å². The molecular weight excluding hydrogens is 164 g/mol.